The van der Waals surface area contributed by atoms with Crippen molar-refractivity contribution in [2.75, 3.05) is 12.3 Å². The van der Waals surface area contributed by atoms with Gasteiger partial charge in [-0.2, -0.15) is 4.98 Å². The van der Waals surface area contributed by atoms with Crippen LogP contribution in [0.25, 0.3) is 11.2 Å². The summed E-state index contributed by atoms with van der Waals surface area (Å²) < 4.78 is 36.1. The van der Waals surface area contributed by atoms with Gasteiger partial charge in [0.1, 0.15) is 18.5 Å². The number of anilines is 1. The van der Waals surface area contributed by atoms with Crippen LogP contribution < -0.4 is 11.3 Å². The number of alkyl halides is 1. The molecule has 1 aliphatic rings. The molecule has 14 heteroatoms. The summed E-state index contributed by atoms with van der Waals surface area (Å²) in [6.07, 6.45) is -4.16. The predicted octanol–water partition coefficient (Wildman–Crippen LogP) is -0.956. The third-order valence-electron chi connectivity index (χ3n) is 4.08. The number of ether oxygens (including phenoxy) is 1. The number of hydrogen-bond donors (Lipinski definition) is 5. The van der Waals surface area contributed by atoms with E-state index >= 15 is 0 Å². The molecule has 0 radical (unpaired) electrons. The number of halogens is 1. The Hall–Kier alpha value is -1.89. The number of nitrogen functional groups attached to an aromatic ring is 1. The van der Waals surface area contributed by atoms with Gasteiger partial charge in [-0.1, -0.05) is 0 Å². The van der Waals surface area contributed by atoms with E-state index in [9.17, 15) is 18.9 Å². The van der Waals surface area contributed by atoms with Gasteiger partial charge in [0.25, 0.3) is 5.56 Å². The number of aliphatic hydroxyl groups excluding tert-OH is 1. The summed E-state index contributed by atoms with van der Waals surface area (Å²) in [5, 5.41) is 10.3. The van der Waals surface area contributed by atoms with Crippen molar-refractivity contribution in [1.29, 1.82) is 0 Å². The molecule has 1 saturated heterocycles. The van der Waals surface area contributed by atoms with Gasteiger partial charge in [0, 0.05) is 0 Å². The highest BCUT2D eigenvalue weighted by molar-refractivity contribution is 7.46. The highest BCUT2D eigenvalue weighted by Crippen LogP contribution is 2.42. The highest BCUT2D eigenvalue weighted by atomic mass is 31.2. The fourth-order valence-corrected chi connectivity index (χ4v) is 3.30. The first-order valence-electron chi connectivity index (χ1n) is 7.48. The van der Waals surface area contributed by atoms with Crippen molar-refractivity contribution in [3.05, 3.63) is 16.7 Å². The second-order valence-corrected chi connectivity index (χ2v) is 7.11. The summed E-state index contributed by atoms with van der Waals surface area (Å²) in [5.74, 6) is -1.31. The van der Waals surface area contributed by atoms with Crippen molar-refractivity contribution < 1.29 is 33.1 Å². The number of rotatable bonds is 5. The normalized spacial score (nSPS) is 27.9. The Bertz CT molecular complexity index is 911. The van der Waals surface area contributed by atoms with E-state index in [0.717, 1.165) is 0 Å². The van der Waals surface area contributed by atoms with Gasteiger partial charge in [-0.3, -0.25) is 18.9 Å². The number of imidazole rings is 1. The van der Waals surface area contributed by atoms with E-state index in [1.807, 2.05) is 0 Å². The molecule has 6 N–H and O–H groups in total. The van der Waals surface area contributed by atoms with E-state index in [-0.39, 0.29) is 17.1 Å². The quantitative estimate of drug-likeness (QED) is 0.396. The zero-order valence-corrected chi connectivity index (χ0v) is 14.3. The fourth-order valence-electron chi connectivity index (χ4n) is 2.95. The molecule has 0 aliphatic carbocycles. The molecule has 0 spiro atoms. The standard InChI is InChI=1S/C12H17FN5O7P/c1-4(13)6-8(19)5(2-24-26(21,22)23)25-11(6)18-3-15-7-9(18)16-12(14)17-10(7)20/h3-6,8,11,19H,2H2,1H3,(H2,21,22,23)(H3,14,16,17,20)/t4?,5-,6?,8-,11-/m1/s1. The van der Waals surface area contributed by atoms with E-state index in [2.05, 4.69) is 19.5 Å². The molecule has 3 rings (SSSR count). The molecule has 5 atom stereocenters. The molecule has 0 aromatic carbocycles. The number of nitrogens with zero attached hydrogens (tertiary/aromatic N) is 3. The SMILES string of the molecule is CC(F)C1[C@H](n2cnc3c(=O)[nH]c(N)nc32)O[C@H](COP(=O)(O)O)[C@H]1O. The van der Waals surface area contributed by atoms with E-state index in [1.165, 1.54) is 17.8 Å². The summed E-state index contributed by atoms with van der Waals surface area (Å²) in [6.45, 7) is 0.540. The van der Waals surface area contributed by atoms with Crippen LogP contribution in [0.2, 0.25) is 0 Å². The second-order valence-electron chi connectivity index (χ2n) is 5.87. The smallest absolute Gasteiger partial charge is 0.390 e. The average Bonchev–Trinajstić information content (AvgIpc) is 3.05. The molecule has 2 aromatic heterocycles. The summed E-state index contributed by atoms with van der Waals surface area (Å²) in [6, 6.07) is 0. The molecule has 0 saturated carbocycles. The maximum absolute atomic E-state index is 14.1. The zero-order chi connectivity index (χ0) is 19.2. The lowest BCUT2D eigenvalue weighted by molar-refractivity contribution is -0.0461. The molecular weight excluding hydrogens is 376 g/mol. The lowest BCUT2D eigenvalue weighted by Gasteiger charge is -2.22. The summed E-state index contributed by atoms with van der Waals surface area (Å²) in [5.41, 5.74) is 4.88. The highest BCUT2D eigenvalue weighted by Gasteiger charge is 2.48. The van der Waals surface area contributed by atoms with Crippen LogP contribution in [0.15, 0.2) is 11.1 Å². The van der Waals surface area contributed by atoms with Crippen LogP contribution in [0.3, 0.4) is 0 Å². The van der Waals surface area contributed by atoms with Crippen molar-refractivity contribution >= 4 is 24.9 Å². The van der Waals surface area contributed by atoms with Crippen LogP contribution in [0.5, 0.6) is 0 Å². The molecule has 2 unspecified atom stereocenters. The molecule has 0 amide bonds. The molecule has 0 bridgehead atoms. The molecule has 12 nitrogen and oxygen atoms in total. The maximum atomic E-state index is 14.1. The van der Waals surface area contributed by atoms with Gasteiger partial charge in [0.2, 0.25) is 5.95 Å². The number of fused-ring (bicyclic) bond motifs is 1. The Labute approximate surface area is 145 Å². The van der Waals surface area contributed by atoms with Gasteiger partial charge in [-0.15, -0.1) is 0 Å². The summed E-state index contributed by atoms with van der Waals surface area (Å²) >= 11 is 0. The molecule has 26 heavy (non-hydrogen) atoms. The minimum absolute atomic E-state index is 0.0191. The first-order valence-corrected chi connectivity index (χ1v) is 9.01. The molecule has 2 aromatic rings. The largest absolute Gasteiger partial charge is 0.469 e. The van der Waals surface area contributed by atoms with Crippen molar-refractivity contribution in [3.63, 3.8) is 0 Å². The Morgan fingerprint density at radius 2 is 2.27 bits per heavy atom. The Balaban J connectivity index is 1.98. The van der Waals surface area contributed by atoms with Crippen LogP contribution in [-0.4, -0.2) is 59.4 Å². The molecule has 1 aliphatic heterocycles. The van der Waals surface area contributed by atoms with Gasteiger partial charge >= 0.3 is 7.82 Å². The number of hydrogen-bond acceptors (Lipinski definition) is 8. The van der Waals surface area contributed by atoms with Gasteiger partial charge < -0.3 is 25.4 Å². The van der Waals surface area contributed by atoms with E-state index in [4.69, 9.17) is 20.3 Å². The maximum Gasteiger partial charge on any atom is 0.469 e. The molecule has 1 fully saturated rings. The number of nitrogens with two attached hydrogens (primary N) is 1. The number of phosphoric acid groups is 1. The van der Waals surface area contributed by atoms with Gasteiger partial charge in [-0.25, -0.2) is 13.9 Å². The van der Waals surface area contributed by atoms with Crippen molar-refractivity contribution in [2.45, 2.75) is 31.5 Å². The monoisotopic (exact) mass is 393 g/mol. The third kappa shape index (κ3) is 3.49. The molecule has 144 valence electrons. The Kier molecular flexibility index (Phi) is 4.86. The van der Waals surface area contributed by atoms with Crippen LogP contribution in [-0.2, 0) is 13.8 Å². The number of aliphatic hydroxyl groups is 1. The fraction of sp³-hybridized carbons (Fsp3) is 0.583. The number of H-pyrrole nitrogens is 1. The van der Waals surface area contributed by atoms with Crippen LogP contribution >= 0.6 is 7.82 Å². The number of nitrogens with one attached hydrogen (secondary N) is 1. The molecular formula is C12H17FN5O7P. The lowest BCUT2D eigenvalue weighted by Crippen LogP contribution is -2.34. The summed E-state index contributed by atoms with van der Waals surface area (Å²) in [4.78, 5) is 39.6. The van der Waals surface area contributed by atoms with E-state index in [1.54, 1.807) is 0 Å². The van der Waals surface area contributed by atoms with Gasteiger partial charge in [0.05, 0.1) is 25.0 Å². The van der Waals surface area contributed by atoms with Crippen LogP contribution in [0.1, 0.15) is 13.2 Å². The second kappa shape index (κ2) is 6.68. The third-order valence-corrected chi connectivity index (χ3v) is 4.57. The van der Waals surface area contributed by atoms with Gasteiger partial charge in [-0.05, 0) is 6.92 Å². The first kappa shape index (κ1) is 18.9. The van der Waals surface area contributed by atoms with E-state index in [0.29, 0.717) is 0 Å². The average molecular weight is 393 g/mol. The minimum Gasteiger partial charge on any atom is -0.390 e. The topological polar surface area (TPSA) is 186 Å². The zero-order valence-electron chi connectivity index (χ0n) is 13.4. The number of aromatic amines is 1. The van der Waals surface area contributed by atoms with E-state index < -0.39 is 50.5 Å². The Morgan fingerprint density at radius 3 is 2.88 bits per heavy atom. The van der Waals surface area contributed by atoms with Crippen molar-refractivity contribution in [2.24, 2.45) is 5.92 Å². The van der Waals surface area contributed by atoms with Crippen LogP contribution in [0, 0.1) is 5.92 Å². The van der Waals surface area contributed by atoms with Crippen LogP contribution in [0.4, 0.5) is 10.3 Å². The number of phosphoric ester groups is 1. The minimum atomic E-state index is -4.80. The Morgan fingerprint density at radius 1 is 1.58 bits per heavy atom. The van der Waals surface area contributed by atoms with Crippen molar-refractivity contribution in [1.82, 2.24) is 19.5 Å². The lowest BCUT2D eigenvalue weighted by atomic mass is 9.95. The number of aromatic nitrogens is 4. The molecule has 3 heterocycles. The van der Waals surface area contributed by atoms with Crippen molar-refractivity contribution in [3.8, 4) is 0 Å². The predicted molar refractivity (Wildman–Crippen MR) is 84.5 cm³/mol. The first-order chi connectivity index (χ1) is 12.1. The van der Waals surface area contributed by atoms with Gasteiger partial charge in [0.15, 0.2) is 11.2 Å². The summed E-state index contributed by atoms with van der Waals surface area (Å²) in [7, 11) is -4.80.